The molecule has 0 aliphatic rings. The van der Waals surface area contributed by atoms with Crippen LogP contribution < -0.4 is 4.90 Å². The number of anilines is 3. The molecule has 0 spiro atoms. The predicted octanol–water partition coefficient (Wildman–Crippen LogP) is 17.4. The van der Waals surface area contributed by atoms with Crippen molar-refractivity contribution < 1.29 is 4.42 Å². The van der Waals surface area contributed by atoms with E-state index in [2.05, 4.69) is 229 Å². The van der Waals surface area contributed by atoms with E-state index >= 15 is 0 Å². The molecule has 0 unspecified atom stereocenters. The van der Waals surface area contributed by atoms with Crippen LogP contribution in [-0.4, -0.2) is 4.57 Å². The zero-order chi connectivity index (χ0) is 43.1. The first-order chi connectivity index (χ1) is 31.6. The Morgan fingerprint density at radius 1 is 0.531 bits per heavy atom. The van der Waals surface area contributed by atoms with Crippen molar-refractivity contribution in [3.8, 4) is 39.1 Å². The molecule has 11 aromatic rings. The molecule has 0 aliphatic heterocycles. The summed E-state index contributed by atoms with van der Waals surface area (Å²) in [4.78, 5) is 2.37. The van der Waals surface area contributed by atoms with E-state index in [4.69, 9.17) is 4.42 Å². The lowest BCUT2D eigenvalue weighted by Crippen LogP contribution is -2.11. The summed E-state index contributed by atoms with van der Waals surface area (Å²) in [5.74, 6) is 0.782. The first kappa shape index (κ1) is 38.5. The monoisotopic (exact) mass is 820 g/mol. The van der Waals surface area contributed by atoms with Crippen molar-refractivity contribution in [3.05, 3.63) is 243 Å². The Labute approximate surface area is 373 Å². The van der Waals surface area contributed by atoms with E-state index < -0.39 is 0 Å². The molecule has 9 aromatic carbocycles. The van der Waals surface area contributed by atoms with E-state index in [1.54, 1.807) is 6.08 Å². The first-order valence-corrected chi connectivity index (χ1v) is 21.7. The van der Waals surface area contributed by atoms with Crippen molar-refractivity contribution in [2.75, 3.05) is 4.90 Å². The molecule has 0 fully saturated rings. The average molecular weight is 821 g/mol. The standard InChI is InChI=1S/C61H44N2O/c1-4-5-29-58-59(41(2)3)55-26-16-25-52(61(55)64-58)45-32-37-47(38-33-45)62(56-27-13-11-22-50(56)43-17-7-6-8-18-43)49-21-15-20-46(40-49)42-30-35-48(36-31-42)63-57-28-14-12-24-53(57)54-39-34-44-19-9-10-23-51(44)60(54)63/h4-40H,1-2H2,3H3/b29-5-. The summed E-state index contributed by atoms with van der Waals surface area (Å²) in [6, 6.07) is 74.3. The maximum absolute atomic E-state index is 6.56. The summed E-state index contributed by atoms with van der Waals surface area (Å²) in [5.41, 5.74) is 16.2. The summed E-state index contributed by atoms with van der Waals surface area (Å²) in [6.45, 7) is 10.2. The molecule has 0 saturated heterocycles. The van der Waals surface area contributed by atoms with Crippen LogP contribution in [0.25, 0.3) is 94.3 Å². The summed E-state index contributed by atoms with van der Waals surface area (Å²) >= 11 is 0. The molecule has 0 bridgehead atoms. The SMILES string of the molecule is C=C/C=C\c1oc2c(-c3ccc(N(c4cccc(-c5ccc(-n6c7ccccc7c7ccc8ccccc8c76)cc5)c4)c4ccccc4-c4ccccc4)cc3)cccc2c1C(=C)C. The molecule has 0 amide bonds. The van der Waals surface area contributed by atoms with Gasteiger partial charge >= 0.3 is 0 Å². The lowest BCUT2D eigenvalue weighted by molar-refractivity contribution is 0.604. The van der Waals surface area contributed by atoms with Crippen LogP contribution in [0.4, 0.5) is 17.1 Å². The van der Waals surface area contributed by atoms with Crippen molar-refractivity contribution >= 4 is 72.3 Å². The van der Waals surface area contributed by atoms with Gasteiger partial charge in [-0.25, -0.2) is 0 Å². The quantitative estimate of drug-likeness (QED) is 0.128. The topological polar surface area (TPSA) is 21.3 Å². The van der Waals surface area contributed by atoms with Crippen LogP contribution in [0.5, 0.6) is 0 Å². The number of furan rings is 1. The fourth-order valence-electron chi connectivity index (χ4n) is 9.45. The molecule has 304 valence electrons. The van der Waals surface area contributed by atoms with Gasteiger partial charge in [0.2, 0.25) is 0 Å². The van der Waals surface area contributed by atoms with Gasteiger partial charge in [-0.3, -0.25) is 0 Å². The van der Waals surface area contributed by atoms with Crippen LogP contribution in [0.15, 0.2) is 236 Å². The molecule has 0 radical (unpaired) electrons. The number of rotatable bonds is 10. The van der Waals surface area contributed by atoms with Gasteiger partial charge in [0.15, 0.2) is 0 Å². The summed E-state index contributed by atoms with van der Waals surface area (Å²) in [5, 5.41) is 6.04. The number of nitrogens with zero attached hydrogens (tertiary/aromatic N) is 2. The number of para-hydroxylation sites is 3. The zero-order valence-electron chi connectivity index (χ0n) is 35.6. The average Bonchev–Trinajstić information content (AvgIpc) is 3.91. The van der Waals surface area contributed by atoms with Gasteiger partial charge in [0.25, 0.3) is 0 Å². The van der Waals surface area contributed by atoms with Gasteiger partial charge < -0.3 is 13.9 Å². The van der Waals surface area contributed by atoms with E-state index in [0.29, 0.717) is 0 Å². The molecule has 0 atom stereocenters. The lowest BCUT2D eigenvalue weighted by Gasteiger charge is -2.28. The van der Waals surface area contributed by atoms with Crippen LogP contribution in [0.1, 0.15) is 18.2 Å². The molecule has 11 rings (SSSR count). The minimum atomic E-state index is 0.782. The number of allylic oxidation sites excluding steroid dienone is 3. The Morgan fingerprint density at radius 2 is 1.19 bits per heavy atom. The third kappa shape index (κ3) is 6.63. The largest absolute Gasteiger partial charge is 0.455 e. The molecular formula is C61H44N2O. The minimum Gasteiger partial charge on any atom is -0.455 e. The second-order valence-corrected chi connectivity index (χ2v) is 16.3. The Kier molecular flexibility index (Phi) is 9.71. The Hall–Kier alpha value is -8.40. The Morgan fingerprint density at radius 3 is 2.00 bits per heavy atom. The Bertz CT molecular complexity index is 3590. The minimum absolute atomic E-state index is 0.782. The number of aromatic nitrogens is 1. The molecule has 64 heavy (non-hydrogen) atoms. The van der Waals surface area contributed by atoms with Gasteiger partial charge in [0, 0.05) is 55.3 Å². The first-order valence-electron chi connectivity index (χ1n) is 21.7. The highest BCUT2D eigenvalue weighted by Gasteiger charge is 2.21. The van der Waals surface area contributed by atoms with Gasteiger partial charge in [0.1, 0.15) is 11.3 Å². The van der Waals surface area contributed by atoms with Crippen molar-refractivity contribution in [1.29, 1.82) is 0 Å². The highest BCUT2D eigenvalue weighted by atomic mass is 16.3. The molecule has 0 aliphatic carbocycles. The molecule has 2 heterocycles. The number of hydrogen-bond acceptors (Lipinski definition) is 2. The third-order valence-corrected chi connectivity index (χ3v) is 12.3. The van der Waals surface area contributed by atoms with Crippen molar-refractivity contribution in [3.63, 3.8) is 0 Å². The van der Waals surface area contributed by atoms with Crippen molar-refractivity contribution in [2.24, 2.45) is 0 Å². The van der Waals surface area contributed by atoms with Crippen LogP contribution >= 0.6 is 0 Å². The van der Waals surface area contributed by atoms with Gasteiger partial charge in [-0.15, -0.1) is 0 Å². The molecular weight excluding hydrogens is 777 g/mol. The zero-order valence-corrected chi connectivity index (χ0v) is 35.6. The highest BCUT2D eigenvalue weighted by Crippen LogP contribution is 2.44. The summed E-state index contributed by atoms with van der Waals surface area (Å²) in [7, 11) is 0. The lowest BCUT2D eigenvalue weighted by atomic mass is 9.98. The number of fused-ring (bicyclic) bond motifs is 6. The Balaban J connectivity index is 1.02. The van der Waals surface area contributed by atoms with Gasteiger partial charge in [-0.2, -0.15) is 0 Å². The van der Waals surface area contributed by atoms with Gasteiger partial charge in [-0.1, -0.05) is 183 Å². The van der Waals surface area contributed by atoms with Crippen molar-refractivity contribution in [1.82, 2.24) is 4.57 Å². The molecule has 0 saturated carbocycles. The summed E-state index contributed by atoms with van der Waals surface area (Å²) in [6.07, 6.45) is 5.62. The number of hydrogen-bond donors (Lipinski definition) is 0. The number of benzene rings is 9. The van der Waals surface area contributed by atoms with E-state index in [-0.39, 0.29) is 0 Å². The van der Waals surface area contributed by atoms with E-state index in [9.17, 15) is 0 Å². The molecule has 3 heteroatoms. The maximum atomic E-state index is 6.56. The summed E-state index contributed by atoms with van der Waals surface area (Å²) < 4.78 is 8.98. The second-order valence-electron chi connectivity index (χ2n) is 16.3. The van der Waals surface area contributed by atoms with Crippen LogP contribution in [0, 0.1) is 0 Å². The molecule has 2 aromatic heterocycles. The highest BCUT2D eigenvalue weighted by molar-refractivity contribution is 6.18. The van der Waals surface area contributed by atoms with Crippen LogP contribution in [0.3, 0.4) is 0 Å². The van der Waals surface area contributed by atoms with E-state index in [1.807, 2.05) is 19.1 Å². The third-order valence-electron chi connectivity index (χ3n) is 12.3. The van der Waals surface area contributed by atoms with E-state index in [0.717, 1.165) is 84.0 Å². The van der Waals surface area contributed by atoms with Crippen LogP contribution in [-0.2, 0) is 0 Å². The van der Waals surface area contributed by atoms with Gasteiger partial charge in [0.05, 0.1) is 16.7 Å². The van der Waals surface area contributed by atoms with Crippen LogP contribution in [0.2, 0.25) is 0 Å². The molecule has 3 nitrogen and oxygen atoms in total. The van der Waals surface area contributed by atoms with E-state index in [1.165, 1.54) is 32.6 Å². The molecule has 0 N–H and O–H groups in total. The predicted molar refractivity (Wildman–Crippen MR) is 273 cm³/mol. The fourth-order valence-corrected chi connectivity index (χ4v) is 9.45. The maximum Gasteiger partial charge on any atom is 0.143 e. The fraction of sp³-hybridized carbons (Fsp3) is 0.0164. The smallest absolute Gasteiger partial charge is 0.143 e. The second kappa shape index (κ2) is 16.1. The van der Waals surface area contributed by atoms with Gasteiger partial charge in [-0.05, 0) is 94.7 Å². The normalized spacial score (nSPS) is 11.6. The van der Waals surface area contributed by atoms with Crippen molar-refractivity contribution in [2.45, 2.75) is 6.92 Å².